The third kappa shape index (κ3) is 2.41. The Kier molecular flexibility index (Phi) is 2.81. The lowest BCUT2D eigenvalue weighted by Gasteiger charge is -1.99. The van der Waals surface area contributed by atoms with Gasteiger partial charge in [0.25, 0.3) is 0 Å². The van der Waals surface area contributed by atoms with Gasteiger partial charge in [-0.1, -0.05) is 0 Å². The molecule has 1 aromatic rings. The molecule has 5 heteroatoms. The normalized spacial score (nSPS) is 15.0. The summed E-state index contributed by atoms with van der Waals surface area (Å²) >= 11 is 1.35. The third-order valence-electron chi connectivity index (χ3n) is 2.39. The number of ether oxygens (including phenoxy) is 1. The van der Waals surface area contributed by atoms with Gasteiger partial charge in [-0.15, -0.1) is 11.3 Å². The van der Waals surface area contributed by atoms with E-state index in [-0.39, 0.29) is 5.97 Å². The van der Waals surface area contributed by atoms with Crippen LogP contribution in [0.3, 0.4) is 0 Å². The van der Waals surface area contributed by atoms with E-state index in [0.717, 1.165) is 17.5 Å². The summed E-state index contributed by atoms with van der Waals surface area (Å²) in [5.41, 5.74) is 6.20. The van der Waals surface area contributed by atoms with E-state index in [1.807, 2.05) is 0 Å². The average molecular weight is 226 g/mol. The number of anilines is 2. The Balaban J connectivity index is 2.02. The van der Waals surface area contributed by atoms with Crippen molar-refractivity contribution in [2.24, 2.45) is 5.92 Å². The fourth-order valence-electron chi connectivity index (χ4n) is 1.31. The SMILES string of the molecule is COC(=O)c1sc(NCC2CC2)cc1N. The number of rotatable bonds is 4. The first kappa shape index (κ1) is 10.3. The topological polar surface area (TPSA) is 64.3 Å². The average Bonchev–Trinajstić information content (AvgIpc) is 2.98. The number of nitrogens with one attached hydrogen (secondary N) is 1. The highest BCUT2D eigenvalue weighted by molar-refractivity contribution is 7.18. The smallest absolute Gasteiger partial charge is 0.350 e. The molecule has 0 atom stereocenters. The Morgan fingerprint density at radius 2 is 2.47 bits per heavy atom. The van der Waals surface area contributed by atoms with Crippen LogP contribution < -0.4 is 11.1 Å². The fraction of sp³-hybridized carbons (Fsp3) is 0.500. The quantitative estimate of drug-likeness (QED) is 0.770. The summed E-state index contributed by atoms with van der Waals surface area (Å²) < 4.78 is 4.63. The predicted octanol–water partition coefficient (Wildman–Crippen LogP) is 1.94. The molecule has 82 valence electrons. The van der Waals surface area contributed by atoms with Crippen molar-refractivity contribution in [2.75, 3.05) is 24.7 Å². The van der Waals surface area contributed by atoms with E-state index in [0.29, 0.717) is 10.6 Å². The van der Waals surface area contributed by atoms with Crippen LogP contribution in [0.5, 0.6) is 0 Å². The maximum Gasteiger partial charge on any atom is 0.350 e. The Bertz CT molecular complexity index is 371. The van der Waals surface area contributed by atoms with Crippen molar-refractivity contribution < 1.29 is 9.53 Å². The standard InChI is InChI=1S/C10H14N2O2S/c1-14-10(13)9-7(11)4-8(15-9)12-5-6-2-3-6/h4,6,12H,2-3,5,11H2,1H3. The van der Waals surface area contributed by atoms with Crippen molar-refractivity contribution in [3.05, 3.63) is 10.9 Å². The number of thiophene rings is 1. The first-order valence-corrected chi connectivity index (χ1v) is 5.74. The summed E-state index contributed by atoms with van der Waals surface area (Å²) in [5.74, 6) is 0.437. The highest BCUT2D eigenvalue weighted by atomic mass is 32.1. The van der Waals surface area contributed by atoms with Crippen LogP contribution in [0.4, 0.5) is 10.7 Å². The van der Waals surface area contributed by atoms with Crippen molar-refractivity contribution in [1.82, 2.24) is 0 Å². The summed E-state index contributed by atoms with van der Waals surface area (Å²) in [7, 11) is 1.36. The van der Waals surface area contributed by atoms with Crippen LogP contribution >= 0.6 is 11.3 Å². The number of hydrogen-bond donors (Lipinski definition) is 2. The first-order chi connectivity index (χ1) is 7.20. The maximum atomic E-state index is 11.3. The summed E-state index contributed by atoms with van der Waals surface area (Å²) in [4.78, 5) is 11.8. The molecule has 0 aromatic carbocycles. The van der Waals surface area contributed by atoms with Crippen LogP contribution in [0.2, 0.25) is 0 Å². The van der Waals surface area contributed by atoms with Crippen molar-refractivity contribution >= 4 is 28.0 Å². The molecule has 1 saturated carbocycles. The number of nitrogen functional groups attached to an aromatic ring is 1. The summed E-state index contributed by atoms with van der Waals surface area (Å²) in [5, 5.41) is 4.22. The molecule has 0 aliphatic heterocycles. The number of methoxy groups -OCH3 is 1. The molecule has 0 bridgehead atoms. The molecule has 4 nitrogen and oxygen atoms in total. The van der Waals surface area contributed by atoms with Gasteiger partial charge < -0.3 is 15.8 Å². The van der Waals surface area contributed by atoms with Crippen LogP contribution in [0.25, 0.3) is 0 Å². The highest BCUT2D eigenvalue weighted by Crippen LogP contribution is 2.33. The van der Waals surface area contributed by atoms with E-state index >= 15 is 0 Å². The largest absolute Gasteiger partial charge is 0.465 e. The Hall–Kier alpha value is -1.23. The number of hydrogen-bond acceptors (Lipinski definition) is 5. The second kappa shape index (κ2) is 4.10. The molecule has 0 spiro atoms. The van der Waals surface area contributed by atoms with Gasteiger partial charge in [-0.2, -0.15) is 0 Å². The van der Waals surface area contributed by atoms with Gasteiger partial charge in [0.2, 0.25) is 0 Å². The highest BCUT2D eigenvalue weighted by Gasteiger charge is 2.21. The molecule has 0 radical (unpaired) electrons. The summed E-state index contributed by atoms with van der Waals surface area (Å²) in [6.07, 6.45) is 2.61. The van der Waals surface area contributed by atoms with E-state index in [1.54, 1.807) is 6.07 Å². The van der Waals surface area contributed by atoms with E-state index < -0.39 is 0 Å². The Labute approximate surface area is 92.4 Å². The molecule has 1 aliphatic carbocycles. The fourth-order valence-corrected chi connectivity index (χ4v) is 2.22. The molecular formula is C10H14N2O2S. The van der Waals surface area contributed by atoms with Gasteiger partial charge in [-0.25, -0.2) is 4.79 Å². The monoisotopic (exact) mass is 226 g/mol. The predicted molar refractivity (Wildman–Crippen MR) is 61.3 cm³/mol. The molecule has 1 aliphatic rings. The van der Waals surface area contributed by atoms with Crippen molar-refractivity contribution in [2.45, 2.75) is 12.8 Å². The van der Waals surface area contributed by atoms with Crippen LogP contribution in [0.1, 0.15) is 22.5 Å². The van der Waals surface area contributed by atoms with E-state index in [2.05, 4.69) is 10.1 Å². The van der Waals surface area contributed by atoms with Crippen molar-refractivity contribution in [3.8, 4) is 0 Å². The minimum Gasteiger partial charge on any atom is -0.465 e. The summed E-state index contributed by atoms with van der Waals surface area (Å²) in [6, 6.07) is 1.79. The van der Waals surface area contributed by atoms with Gasteiger partial charge in [0.05, 0.1) is 17.8 Å². The molecule has 2 rings (SSSR count). The maximum absolute atomic E-state index is 11.3. The van der Waals surface area contributed by atoms with Gasteiger partial charge in [0.1, 0.15) is 4.88 Å². The van der Waals surface area contributed by atoms with Crippen LogP contribution in [-0.2, 0) is 4.74 Å². The Morgan fingerprint density at radius 1 is 1.73 bits per heavy atom. The lowest BCUT2D eigenvalue weighted by Crippen LogP contribution is -2.01. The lowest BCUT2D eigenvalue weighted by molar-refractivity contribution is 0.0607. The second-order valence-corrected chi connectivity index (χ2v) is 4.76. The van der Waals surface area contributed by atoms with Gasteiger partial charge in [-0.05, 0) is 24.8 Å². The second-order valence-electron chi connectivity index (χ2n) is 3.71. The minimum absolute atomic E-state index is 0.364. The number of nitrogens with two attached hydrogens (primary N) is 1. The van der Waals surface area contributed by atoms with Crippen LogP contribution in [0.15, 0.2) is 6.07 Å². The zero-order chi connectivity index (χ0) is 10.8. The molecule has 15 heavy (non-hydrogen) atoms. The molecule has 1 aromatic heterocycles. The molecule has 0 saturated heterocycles. The third-order valence-corrected chi connectivity index (χ3v) is 3.48. The van der Waals surface area contributed by atoms with E-state index in [4.69, 9.17) is 5.73 Å². The van der Waals surface area contributed by atoms with E-state index in [9.17, 15) is 4.79 Å². The molecule has 0 unspecified atom stereocenters. The zero-order valence-corrected chi connectivity index (χ0v) is 9.39. The van der Waals surface area contributed by atoms with Crippen LogP contribution in [-0.4, -0.2) is 19.6 Å². The van der Waals surface area contributed by atoms with Gasteiger partial charge in [-0.3, -0.25) is 0 Å². The van der Waals surface area contributed by atoms with Crippen molar-refractivity contribution in [1.29, 1.82) is 0 Å². The lowest BCUT2D eigenvalue weighted by atomic mass is 10.4. The minimum atomic E-state index is -0.364. The van der Waals surface area contributed by atoms with E-state index in [1.165, 1.54) is 31.3 Å². The molecular weight excluding hydrogens is 212 g/mol. The molecule has 1 heterocycles. The Morgan fingerprint density at radius 3 is 3.07 bits per heavy atom. The zero-order valence-electron chi connectivity index (χ0n) is 8.58. The van der Waals surface area contributed by atoms with Crippen LogP contribution in [0, 0.1) is 5.92 Å². The van der Waals surface area contributed by atoms with Gasteiger partial charge in [0.15, 0.2) is 0 Å². The van der Waals surface area contributed by atoms with Gasteiger partial charge >= 0.3 is 5.97 Å². The number of carbonyl (C=O) groups is 1. The molecule has 3 N–H and O–H groups in total. The molecule has 1 fully saturated rings. The first-order valence-electron chi connectivity index (χ1n) is 4.92. The molecule has 0 amide bonds. The van der Waals surface area contributed by atoms with Gasteiger partial charge in [0, 0.05) is 6.54 Å². The number of esters is 1. The van der Waals surface area contributed by atoms with Crippen molar-refractivity contribution in [3.63, 3.8) is 0 Å². The summed E-state index contributed by atoms with van der Waals surface area (Å²) in [6.45, 7) is 0.973. The number of carbonyl (C=O) groups excluding carboxylic acids is 1.